The van der Waals surface area contributed by atoms with Crippen LogP contribution in [-0.4, -0.2) is 5.91 Å². The minimum atomic E-state index is -0.203. The standard InChI is InChI=1S/C17H11NO/c1-3-13-8-10-16(11-9-13)18-17(19)15-7-5-6-14(4-2)12-15/h1-2,5-12H,(H,18,19). The quantitative estimate of drug-likeness (QED) is 0.810. The Morgan fingerprint density at radius 3 is 2.26 bits per heavy atom. The minimum absolute atomic E-state index is 0.203. The highest BCUT2D eigenvalue weighted by molar-refractivity contribution is 6.04. The molecule has 2 aromatic carbocycles. The van der Waals surface area contributed by atoms with Gasteiger partial charge in [0, 0.05) is 22.4 Å². The molecular weight excluding hydrogens is 234 g/mol. The van der Waals surface area contributed by atoms with Crippen molar-refractivity contribution in [1.29, 1.82) is 0 Å². The fraction of sp³-hybridized carbons (Fsp3) is 0. The topological polar surface area (TPSA) is 29.1 Å². The van der Waals surface area contributed by atoms with Gasteiger partial charge in [0.05, 0.1) is 0 Å². The number of anilines is 1. The summed E-state index contributed by atoms with van der Waals surface area (Å²) in [5, 5.41) is 2.78. The molecule has 0 saturated heterocycles. The summed E-state index contributed by atoms with van der Waals surface area (Å²) in [5.41, 5.74) is 2.66. The molecule has 90 valence electrons. The Hall–Kier alpha value is -2.97. The van der Waals surface area contributed by atoms with Crippen molar-refractivity contribution in [3.8, 4) is 24.7 Å². The van der Waals surface area contributed by atoms with Crippen molar-refractivity contribution in [2.75, 3.05) is 5.32 Å². The van der Waals surface area contributed by atoms with Crippen molar-refractivity contribution < 1.29 is 4.79 Å². The zero-order valence-electron chi connectivity index (χ0n) is 10.2. The molecular formula is C17H11NO. The molecule has 1 N–H and O–H groups in total. The SMILES string of the molecule is C#Cc1ccc(NC(=O)c2cccc(C#C)c2)cc1. The third-order valence-electron chi connectivity index (χ3n) is 2.60. The van der Waals surface area contributed by atoms with Crippen molar-refractivity contribution in [3.63, 3.8) is 0 Å². The second-order valence-electron chi connectivity index (χ2n) is 3.90. The smallest absolute Gasteiger partial charge is 0.255 e. The van der Waals surface area contributed by atoms with Gasteiger partial charge in [0.25, 0.3) is 5.91 Å². The largest absolute Gasteiger partial charge is 0.322 e. The Morgan fingerprint density at radius 1 is 0.947 bits per heavy atom. The molecule has 0 atom stereocenters. The molecule has 0 aromatic heterocycles. The van der Waals surface area contributed by atoms with Gasteiger partial charge in [-0.3, -0.25) is 4.79 Å². The maximum atomic E-state index is 12.0. The molecule has 0 fully saturated rings. The van der Waals surface area contributed by atoms with E-state index in [1.165, 1.54) is 0 Å². The van der Waals surface area contributed by atoms with E-state index in [1.54, 1.807) is 48.5 Å². The first-order valence-corrected chi connectivity index (χ1v) is 5.67. The number of carbonyl (C=O) groups is 1. The summed E-state index contributed by atoms with van der Waals surface area (Å²) in [6.07, 6.45) is 10.6. The third-order valence-corrected chi connectivity index (χ3v) is 2.60. The Morgan fingerprint density at radius 2 is 1.63 bits per heavy atom. The zero-order chi connectivity index (χ0) is 13.7. The number of terminal acetylenes is 2. The van der Waals surface area contributed by atoms with Crippen LogP contribution in [0.1, 0.15) is 21.5 Å². The first-order chi connectivity index (χ1) is 9.22. The molecule has 0 spiro atoms. The Labute approximate surface area is 112 Å². The maximum absolute atomic E-state index is 12.0. The molecule has 0 aliphatic heterocycles. The average Bonchev–Trinajstić information content (AvgIpc) is 2.48. The monoisotopic (exact) mass is 245 g/mol. The van der Waals surface area contributed by atoms with Crippen LogP contribution in [0.5, 0.6) is 0 Å². The second-order valence-corrected chi connectivity index (χ2v) is 3.90. The molecule has 2 nitrogen and oxygen atoms in total. The van der Waals surface area contributed by atoms with Gasteiger partial charge >= 0.3 is 0 Å². The predicted octanol–water partition coefficient (Wildman–Crippen LogP) is 2.90. The highest BCUT2D eigenvalue weighted by Crippen LogP contribution is 2.11. The number of nitrogens with one attached hydrogen (secondary N) is 1. The highest BCUT2D eigenvalue weighted by atomic mass is 16.1. The lowest BCUT2D eigenvalue weighted by Crippen LogP contribution is -2.11. The highest BCUT2D eigenvalue weighted by Gasteiger charge is 2.06. The Balaban J connectivity index is 2.16. The molecule has 2 rings (SSSR count). The third kappa shape index (κ3) is 3.03. The number of benzene rings is 2. The van der Waals surface area contributed by atoms with Gasteiger partial charge in [0.1, 0.15) is 0 Å². The van der Waals surface area contributed by atoms with Crippen molar-refractivity contribution in [2.24, 2.45) is 0 Å². The van der Waals surface area contributed by atoms with Gasteiger partial charge in [0.2, 0.25) is 0 Å². The predicted molar refractivity (Wildman–Crippen MR) is 76.7 cm³/mol. The zero-order valence-corrected chi connectivity index (χ0v) is 10.2. The molecule has 1 amide bonds. The van der Waals surface area contributed by atoms with Gasteiger partial charge in [-0.1, -0.05) is 17.9 Å². The number of rotatable bonds is 2. The van der Waals surface area contributed by atoms with Crippen LogP contribution in [0.25, 0.3) is 0 Å². The summed E-state index contributed by atoms with van der Waals surface area (Å²) >= 11 is 0. The number of amides is 1. The van der Waals surface area contributed by atoms with Crippen molar-refractivity contribution in [3.05, 3.63) is 65.2 Å². The van der Waals surface area contributed by atoms with E-state index in [2.05, 4.69) is 17.2 Å². The lowest BCUT2D eigenvalue weighted by molar-refractivity contribution is 0.102. The summed E-state index contributed by atoms with van der Waals surface area (Å²) in [5.74, 6) is 4.82. The van der Waals surface area contributed by atoms with E-state index >= 15 is 0 Å². The van der Waals surface area contributed by atoms with Crippen LogP contribution in [-0.2, 0) is 0 Å². The fourth-order valence-electron chi connectivity index (χ4n) is 1.60. The summed E-state index contributed by atoms with van der Waals surface area (Å²) < 4.78 is 0. The average molecular weight is 245 g/mol. The first kappa shape index (κ1) is 12.5. The summed E-state index contributed by atoms with van der Waals surface area (Å²) in [6, 6.07) is 14.0. The molecule has 0 saturated carbocycles. The van der Waals surface area contributed by atoms with Crippen LogP contribution >= 0.6 is 0 Å². The molecule has 0 heterocycles. The Bertz CT molecular complexity index is 684. The van der Waals surface area contributed by atoms with E-state index in [0.717, 1.165) is 5.56 Å². The van der Waals surface area contributed by atoms with E-state index in [0.29, 0.717) is 16.8 Å². The molecule has 19 heavy (non-hydrogen) atoms. The maximum Gasteiger partial charge on any atom is 0.255 e. The number of carbonyl (C=O) groups excluding carboxylic acids is 1. The molecule has 0 radical (unpaired) electrons. The van der Waals surface area contributed by atoms with Crippen LogP contribution < -0.4 is 5.32 Å². The number of hydrogen-bond acceptors (Lipinski definition) is 1. The first-order valence-electron chi connectivity index (χ1n) is 5.67. The van der Waals surface area contributed by atoms with Gasteiger partial charge in [-0.05, 0) is 42.5 Å². The fourth-order valence-corrected chi connectivity index (χ4v) is 1.60. The van der Waals surface area contributed by atoms with Crippen LogP contribution in [0.2, 0.25) is 0 Å². The van der Waals surface area contributed by atoms with Gasteiger partial charge in [-0.2, -0.15) is 0 Å². The molecule has 0 aliphatic rings. The lowest BCUT2D eigenvalue weighted by Gasteiger charge is -2.05. The van der Waals surface area contributed by atoms with E-state index in [-0.39, 0.29) is 5.91 Å². The number of hydrogen-bond donors (Lipinski definition) is 1. The van der Waals surface area contributed by atoms with E-state index in [4.69, 9.17) is 12.8 Å². The van der Waals surface area contributed by atoms with Gasteiger partial charge < -0.3 is 5.32 Å². The lowest BCUT2D eigenvalue weighted by atomic mass is 10.1. The van der Waals surface area contributed by atoms with Crippen molar-refractivity contribution in [1.82, 2.24) is 0 Å². The summed E-state index contributed by atoms with van der Waals surface area (Å²) in [4.78, 5) is 12.0. The molecule has 0 unspecified atom stereocenters. The van der Waals surface area contributed by atoms with Crippen molar-refractivity contribution >= 4 is 11.6 Å². The van der Waals surface area contributed by atoms with Gasteiger partial charge in [-0.25, -0.2) is 0 Å². The van der Waals surface area contributed by atoms with Crippen LogP contribution in [0, 0.1) is 24.7 Å². The summed E-state index contributed by atoms with van der Waals surface area (Å²) in [6.45, 7) is 0. The normalized spacial score (nSPS) is 9.16. The Kier molecular flexibility index (Phi) is 3.67. The van der Waals surface area contributed by atoms with Crippen LogP contribution in [0.3, 0.4) is 0 Å². The van der Waals surface area contributed by atoms with Crippen molar-refractivity contribution in [2.45, 2.75) is 0 Å². The minimum Gasteiger partial charge on any atom is -0.322 e. The van der Waals surface area contributed by atoms with E-state index < -0.39 is 0 Å². The molecule has 2 heteroatoms. The summed E-state index contributed by atoms with van der Waals surface area (Å²) in [7, 11) is 0. The van der Waals surface area contributed by atoms with E-state index in [9.17, 15) is 4.79 Å². The van der Waals surface area contributed by atoms with Crippen LogP contribution in [0.15, 0.2) is 48.5 Å². The van der Waals surface area contributed by atoms with E-state index in [1.807, 2.05) is 0 Å². The van der Waals surface area contributed by atoms with Gasteiger partial charge in [-0.15, -0.1) is 12.8 Å². The molecule has 0 aliphatic carbocycles. The van der Waals surface area contributed by atoms with Gasteiger partial charge in [0.15, 0.2) is 0 Å². The second kappa shape index (κ2) is 5.58. The molecule has 2 aromatic rings. The van der Waals surface area contributed by atoms with Crippen LogP contribution in [0.4, 0.5) is 5.69 Å². The molecule has 0 bridgehead atoms.